The van der Waals surface area contributed by atoms with Crippen molar-refractivity contribution in [2.24, 2.45) is 0 Å². The van der Waals surface area contributed by atoms with Crippen LogP contribution in [0.15, 0.2) is 4.79 Å². The number of fused-ring (bicyclic) bond motifs is 3. The molecule has 0 aromatic carbocycles. The van der Waals surface area contributed by atoms with E-state index in [4.69, 9.17) is 0 Å². The van der Waals surface area contributed by atoms with E-state index < -0.39 is 0 Å². The Morgan fingerprint density at radius 3 is 2.90 bits per heavy atom. The van der Waals surface area contributed by atoms with Crippen LogP contribution >= 0.6 is 11.3 Å². The minimum absolute atomic E-state index is 0.0554. The van der Waals surface area contributed by atoms with Crippen molar-refractivity contribution in [2.75, 3.05) is 0 Å². The molecule has 2 aromatic heterocycles. The average molecular weight is 303 g/mol. The smallest absolute Gasteiger partial charge is 0.259 e. The summed E-state index contributed by atoms with van der Waals surface area (Å²) in [6, 6.07) is 0.591. The van der Waals surface area contributed by atoms with E-state index in [0.717, 1.165) is 28.9 Å². The fourth-order valence-corrected chi connectivity index (χ4v) is 4.96. The van der Waals surface area contributed by atoms with Crippen molar-refractivity contribution in [3.63, 3.8) is 0 Å². The molecule has 0 spiro atoms. The molecule has 5 heteroatoms. The SMILES string of the molecule is O=c1[nH]c(CNC2CCCCC2)nc2sc3c(c12)CCC3. The Morgan fingerprint density at radius 2 is 2.05 bits per heavy atom. The van der Waals surface area contributed by atoms with Crippen molar-refractivity contribution in [3.05, 3.63) is 26.6 Å². The van der Waals surface area contributed by atoms with Crippen molar-refractivity contribution in [3.8, 4) is 0 Å². The fourth-order valence-electron chi connectivity index (χ4n) is 3.68. The van der Waals surface area contributed by atoms with E-state index in [1.165, 1.54) is 49.0 Å². The third-order valence-electron chi connectivity index (χ3n) is 4.79. The predicted octanol–water partition coefficient (Wildman–Crippen LogP) is 2.90. The van der Waals surface area contributed by atoms with Gasteiger partial charge in [0, 0.05) is 10.9 Å². The molecule has 0 amide bonds. The Morgan fingerprint density at radius 1 is 1.19 bits per heavy atom. The van der Waals surface area contributed by atoms with E-state index in [2.05, 4.69) is 15.3 Å². The van der Waals surface area contributed by atoms with Crippen molar-refractivity contribution >= 4 is 21.6 Å². The molecule has 21 heavy (non-hydrogen) atoms. The number of nitrogens with zero attached hydrogens (tertiary/aromatic N) is 1. The number of aromatic nitrogens is 2. The number of hydrogen-bond acceptors (Lipinski definition) is 4. The standard InChI is InChI=1S/C16H21N3OS/c20-15-14-11-7-4-8-12(11)21-16(14)19-13(18-15)9-17-10-5-2-1-3-6-10/h10,17H,1-9H2,(H,18,19,20). The Balaban J connectivity index is 1.57. The second-order valence-corrected chi connectivity index (χ2v) is 7.35. The van der Waals surface area contributed by atoms with Gasteiger partial charge >= 0.3 is 0 Å². The summed E-state index contributed by atoms with van der Waals surface area (Å²) < 4.78 is 0. The summed E-state index contributed by atoms with van der Waals surface area (Å²) in [4.78, 5) is 22.3. The largest absolute Gasteiger partial charge is 0.309 e. The molecule has 1 fully saturated rings. The lowest BCUT2D eigenvalue weighted by Crippen LogP contribution is -2.31. The second-order valence-electron chi connectivity index (χ2n) is 6.27. The number of thiophene rings is 1. The van der Waals surface area contributed by atoms with Gasteiger partial charge in [0.15, 0.2) is 0 Å². The third kappa shape index (κ3) is 2.53. The monoisotopic (exact) mass is 303 g/mol. The molecule has 2 aromatic rings. The van der Waals surface area contributed by atoms with Crippen LogP contribution in [0.1, 0.15) is 54.8 Å². The molecule has 4 nitrogen and oxygen atoms in total. The highest BCUT2D eigenvalue weighted by Gasteiger charge is 2.21. The highest BCUT2D eigenvalue weighted by atomic mass is 32.1. The van der Waals surface area contributed by atoms with Gasteiger partial charge in [-0.2, -0.15) is 0 Å². The number of rotatable bonds is 3. The summed E-state index contributed by atoms with van der Waals surface area (Å²) in [5.74, 6) is 0.790. The van der Waals surface area contributed by atoms with Crippen LogP contribution in [0.4, 0.5) is 0 Å². The Kier molecular flexibility index (Phi) is 3.55. The number of nitrogens with one attached hydrogen (secondary N) is 2. The zero-order valence-electron chi connectivity index (χ0n) is 12.2. The van der Waals surface area contributed by atoms with Gasteiger partial charge in [0.05, 0.1) is 11.9 Å². The first-order chi connectivity index (χ1) is 10.3. The predicted molar refractivity (Wildman–Crippen MR) is 86.0 cm³/mol. The topological polar surface area (TPSA) is 57.8 Å². The maximum Gasteiger partial charge on any atom is 0.259 e. The highest BCUT2D eigenvalue weighted by Crippen LogP contribution is 2.34. The summed E-state index contributed by atoms with van der Waals surface area (Å²) in [6.45, 7) is 0.679. The highest BCUT2D eigenvalue weighted by molar-refractivity contribution is 7.18. The second kappa shape index (κ2) is 5.54. The molecule has 2 aliphatic carbocycles. The number of aryl methyl sites for hydroxylation is 2. The van der Waals surface area contributed by atoms with Crippen LogP contribution < -0.4 is 10.9 Å². The average Bonchev–Trinajstić information content (AvgIpc) is 3.06. The molecule has 0 bridgehead atoms. The van der Waals surface area contributed by atoms with E-state index >= 15 is 0 Å². The number of hydrogen-bond donors (Lipinski definition) is 2. The molecule has 2 N–H and O–H groups in total. The van der Waals surface area contributed by atoms with E-state index in [-0.39, 0.29) is 5.56 Å². The number of H-pyrrole nitrogens is 1. The van der Waals surface area contributed by atoms with Crippen LogP contribution in [-0.4, -0.2) is 16.0 Å². The zero-order chi connectivity index (χ0) is 14.2. The van der Waals surface area contributed by atoms with Crippen LogP contribution in [-0.2, 0) is 19.4 Å². The van der Waals surface area contributed by atoms with Gasteiger partial charge in [-0.3, -0.25) is 4.79 Å². The molecule has 0 aliphatic heterocycles. The fraction of sp³-hybridized carbons (Fsp3) is 0.625. The zero-order valence-corrected chi connectivity index (χ0v) is 13.0. The van der Waals surface area contributed by atoms with Gasteiger partial charge in [-0.25, -0.2) is 4.98 Å². The van der Waals surface area contributed by atoms with Crippen LogP contribution in [0.2, 0.25) is 0 Å². The van der Waals surface area contributed by atoms with Gasteiger partial charge in [0.1, 0.15) is 10.7 Å². The van der Waals surface area contributed by atoms with E-state index in [1.807, 2.05) is 0 Å². The lowest BCUT2D eigenvalue weighted by atomic mass is 9.95. The molecule has 0 saturated heterocycles. The molecule has 112 valence electrons. The van der Waals surface area contributed by atoms with E-state index in [9.17, 15) is 4.79 Å². The minimum atomic E-state index is 0.0554. The summed E-state index contributed by atoms with van der Waals surface area (Å²) in [7, 11) is 0. The van der Waals surface area contributed by atoms with E-state index in [1.54, 1.807) is 11.3 Å². The maximum absolute atomic E-state index is 12.4. The molecule has 0 atom stereocenters. The molecular formula is C16H21N3OS. The first kappa shape index (κ1) is 13.5. The summed E-state index contributed by atoms with van der Waals surface area (Å²) in [5, 5.41) is 4.41. The summed E-state index contributed by atoms with van der Waals surface area (Å²) in [6.07, 6.45) is 9.84. The van der Waals surface area contributed by atoms with Gasteiger partial charge < -0.3 is 10.3 Å². The van der Waals surface area contributed by atoms with Gasteiger partial charge in [-0.1, -0.05) is 19.3 Å². The first-order valence-electron chi connectivity index (χ1n) is 8.08. The molecule has 0 unspecified atom stereocenters. The normalized spacial score (nSPS) is 19.2. The van der Waals surface area contributed by atoms with Crippen molar-refractivity contribution in [2.45, 2.75) is 64.0 Å². The Hall–Kier alpha value is -1.20. The van der Waals surface area contributed by atoms with Crippen LogP contribution in [0, 0.1) is 0 Å². The maximum atomic E-state index is 12.4. The minimum Gasteiger partial charge on any atom is -0.309 e. The Bertz CT molecular complexity index is 712. The van der Waals surface area contributed by atoms with Crippen LogP contribution in [0.5, 0.6) is 0 Å². The van der Waals surface area contributed by atoms with Crippen molar-refractivity contribution in [1.29, 1.82) is 0 Å². The van der Waals surface area contributed by atoms with Gasteiger partial charge in [-0.05, 0) is 37.7 Å². The number of aromatic amines is 1. The molecule has 2 aliphatic rings. The lowest BCUT2D eigenvalue weighted by Gasteiger charge is -2.22. The van der Waals surface area contributed by atoms with Crippen LogP contribution in [0.3, 0.4) is 0 Å². The van der Waals surface area contributed by atoms with Gasteiger partial charge in [0.25, 0.3) is 5.56 Å². The molecular weight excluding hydrogens is 282 g/mol. The van der Waals surface area contributed by atoms with Gasteiger partial charge in [-0.15, -0.1) is 11.3 Å². The molecule has 4 rings (SSSR count). The van der Waals surface area contributed by atoms with E-state index in [0.29, 0.717) is 12.6 Å². The molecule has 0 radical (unpaired) electrons. The van der Waals surface area contributed by atoms with Crippen molar-refractivity contribution in [1.82, 2.24) is 15.3 Å². The van der Waals surface area contributed by atoms with Crippen molar-refractivity contribution < 1.29 is 0 Å². The quantitative estimate of drug-likeness (QED) is 0.916. The first-order valence-corrected chi connectivity index (χ1v) is 8.90. The lowest BCUT2D eigenvalue weighted by molar-refractivity contribution is 0.369. The van der Waals surface area contributed by atoms with Crippen LogP contribution in [0.25, 0.3) is 10.2 Å². The third-order valence-corrected chi connectivity index (χ3v) is 5.97. The summed E-state index contributed by atoms with van der Waals surface area (Å²) in [5.41, 5.74) is 1.32. The Labute approximate surface area is 128 Å². The molecule has 2 heterocycles. The molecule has 1 saturated carbocycles. The summed E-state index contributed by atoms with van der Waals surface area (Å²) >= 11 is 1.72. The van der Waals surface area contributed by atoms with Gasteiger partial charge in [0.2, 0.25) is 0 Å².